The lowest BCUT2D eigenvalue weighted by molar-refractivity contribution is 0.117. The minimum atomic E-state index is -0.328. The van der Waals surface area contributed by atoms with Gasteiger partial charge in [-0.15, -0.1) is 0 Å². The molecule has 0 saturated heterocycles. The Kier molecular flexibility index (Phi) is 2.66. The molecular weight excluding hydrogens is 238 g/mol. The number of benzene rings is 1. The number of aromatic nitrogens is 2. The van der Waals surface area contributed by atoms with E-state index in [1.807, 2.05) is 25.2 Å². The lowest BCUT2D eigenvalue weighted by atomic mass is 9.82. The van der Waals surface area contributed by atoms with Gasteiger partial charge in [-0.2, -0.15) is 0 Å². The molecule has 1 atom stereocenters. The van der Waals surface area contributed by atoms with Crippen LogP contribution in [0.4, 0.5) is 5.82 Å². The zero-order chi connectivity index (χ0) is 13.5. The van der Waals surface area contributed by atoms with Crippen molar-refractivity contribution in [3.05, 3.63) is 47.8 Å². The van der Waals surface area contributed by atoms with Crippen molar-refractivity contribution in [3.63, 3.8) is 0 Å². The monoisotopic (exact) mass is 255 g/mol. The molecule has 1 aromatic heterocycles. The second kappa shape index (κ2) is 4.23. The first-order valence-electron chi connectivity index (χ1n) is 6.40. The fourth-order valence-electron chi connectivity index (χ4n) is 2.79. The molecule has 4 heteroatoms. The predicted molar refractivity (Wildman–Crippen MR) is 74.6 cm³/mol. The Morgan fingerprint density at radius 3 is 2.58 bits per heavy atom. The van der Waals surface area contributed by atoms with Gasteiger partial charge in [0.25, 0.3) is 0 Å². The van der Waals surface area contributed by atoms with Crippen molar-refractivity contribution < 1.29 is 4.74 Å². The molecule has 2 aromatic rings. The fourth-order valence-corrected chi connectivity index (χ4v) is 2.79. The maximum absolute atomic E-state index is 6.01. The van der Waals surface area contributed by atoms with Gasteiger partial charge in [-0.3, -0.25) is 0 Å². The summed E-state index contributed by atoms with van der Waals surface area (Å²) in [7, 11) is 1.87. The van der Waals surface area contributed by atoms with E-state index in [4.69, 9.17) is 4.74 Å². The van der Waals surface area contributed by atoms with Crippen LogP contribution >= 0.6 is 0 Å². The summed E-state index contributed by atoms with van der Waals surface area (Å²) >= 11 is 0. The van der Waals surface area contributed by atoms with Crippen molar-refractivity contribution in [1.29, 1.82) is 0 Å². The van der Waals surface area contributed by atoms with Crippen LogP contribution in [0, 0.1) is 0 Å². The molecule has 0 saturated carbocycles. The maximum Gasteiger partial charge on any atom is 0.223 e. The molecule has 2 heterocycles. The van der Waals surface area contributed by atoms with Crippen LogP contribution in [0.3, 0.4) is 0 Å². The van der Waals surface area contributed by atoms with Crippen LogP contribution in [0.25, 0.3) is 0 Å². The van der Waals surface area contributed by atoms with Gasteiger partial charge >= 0.3 is 0 Å². The van der Waals surface area contributed by atoms with E-state index in [2.05, 4.69) is 41.3 Å². The Balaban J connectivity index is 2.20. The van der Waals surface area contributed by atoms with Crippen molar-refractivity contribution >= 4 is 5.82 Å². The van der Waals surface area contributed by atoms with Gasteiger partial charge in [0.1, 0.15) is 17.7 Å². The van der Waals surface area contributed by atoms with Crippen molar-refractivity contribution in [2.75, 3.05) is 12.4 Å². The predicted octanol–water partition coefficient (Wildman–Crippen LogP) is 2.82. The Bertz CT molecular complexity index is 596. The fraction of sp³-hybridized carbons (Fsp3) is 0.333. The molecule has 0 amide bonds. The number of hydrogen-bond acceptors (Lipinski definition) is 4. The van der Waals surface area contributed by atoms with E-state index in [0.717, 1.165) is 11.4 Å². The van der Waals surface area contributed by atoms with Crippen LogP contribution < -0.4 is 10.1 Å². The molecule has 19 heavy (non-hydrogen) atoms. The van der Waals surface area contributed by atoms with E-state index < -0.39 is 0 Å². The van der Waals surface area contributed by atoms with Crippen LogP contribution in [-0.2, 0) is 0 Å². The number of ether oxygens (including phenoxy) is 1. The lowest BCUT2D eigenvalue weighted by Gasteiger charge is -2.26. The summed E-state index contributed by atoms with van der Waals surface area (Å²) in [5.74, 6) is 1.65. The zero-order valence-corrected chi connectivity index (χ0v) is 11.3. The average Bonchev–Trinajstić information content (AvgIpc) is 2.69. The smallest absolute Gasteiger partial charge is 0.223 e. The molecule has 0 aliphatic carbocycles. The lowest BCUT2D eigenvalue weighted by Crippen LogP contribution is -2.31. The summed E-state index contributed by atoms with van der Waals surface area (Å²) in [4.78, 5) is 8.57. The second-order valence-electron chi connectivity index (χ2n) is 5.24. The molecule has 0 bridgehead atoms. The molecule has 0 fully saturated rings. The number of fused-ring (bicyclic) bond motifs is 1. The average molecular weight is 255 g/mol. The highest BCUT2D eigenvalue weighted by atomic mass is 16.5. The topological polar surface area (TPSA) is 47.0 Å². The molecule has 1 aliphatic heterocycles. The Labute approximate surface area is 112 Å². The first-order valence-corrected chi connectivity index (χ1v) is 6.40. The van der Waals surface area contributed by atoms with Crippen molar-refractivity contribution in [3.8, 4) is 5.88 Å². The first-order chi connectivity index (χ1) is 9.13. The highest BCUT2D eigenvalue weighted by Gasteiger charge is 2.44. The normalized spacial score (nSPS) is 19.6. The van der Waals surface area contributed by atoms with E-state index in [-0.39, 0.29) is 11.5 Å². The van der Waals surface area contributed by atoms with E-state index >= 15 is 0 Å². The van der Waals surface area contributed by atoms with Crippen LogP contribution in [0.5, 0.6) is 5.88 Å². The number of anilines is 1. The number of nitrogens with one attached hydrogen (secondary N) is 1. The van der Waals surface area contributed by atoms with E-state index in [1.54, 1.807) is 0 Å². The van der Waals surface area contributed by atoms with Crippen LogP contribution in [0.2, 0.25) is 0 Å². The molecule has 0 spiro atoms. The molecule has 3 rings (SSSR count). The summed E-state index contributed by atoms with van der Waals surface area (Å²) in [5.41, 5.74) is 1.93. The van der Waals surface area contributed by atoms with E-state index in [9.17, 15) is 0 Å². The summed E-state index contributed by atoms with van der Waals surface area (Å²) in [6, 6.07) is 10.4. The summed E-state index contributed by atoms with van der Waals surface area (Å²) < 4.78 is 6.01. The third-order valence-corrected chi connectivity index (χ3v) is 3.56. The Morgan fingerprint density at radius 1 is 1.16 bits per heavy atom. The summed E-state index contributed by atoms with van der Waals surface area (Å²) in [5, 5.41) is 3.13. The summed E-state index contributed by atoms with van der Waals surface area (Å²) in [6.45, 7) is 4.18. The van der Waals surface area contributed by atoms with Crippen molar-refractivity contribution in [2.24, 2.45) is 0 Å². The standard InChI is InChI=1S/C15H17N3O/c1-15(2)12(10-7-5-4-6-8-10)11-13(16-3)17-9-18-14(11)19-15/h4-9,12H,1-3H3,(H,16,17,18). The molecular formula is C15H17N3O. The van der Waals surface area contributed by atoms with Crippen LogP contribution in [0.15, 0.2) is 36.7 Å². The summed E-state index contributed by atoms with van der Waals surface area (Å²) in [6.07, 6.45) is 1.54. The number of nitrogens with zero attached hydrogens (tertiary/aromatic N) is 2. The second-order valence-corrected chi connectivity index (χ2v) is 5.24. The van der Waals surface area contributed by atoms with Gasteiger partial charge in [-0.05, 0) is 19.4 Å². The van der Waals surface area contributed by atoms with Gasteiger partial charge in [-0.1, -0.05) is 30.3 Å². The Hall–Kier alpha value is -2.10. The van der Waals surface area contributed by atoms with Crippen LogP contribution in [-0.4, -0.2) is 22.6 Å². The van der Waals surface area contributed by atoms with Crippen molar-refractivity contribution in [2.45, 2.75) is 25.4 Å². The maximum atomic E-state index is 6.01. The van der Waals surface area contributed by atoms with Gasteiger partial charge in [0.2, 0.25) is 5.88 Å². The highest BCUT2D eigenvalue weighted by molar-refractivity contribution is 5.57. The molecule has 0 radical (unpaired) electrons. The van der Waals surface area contributed by atoms with E-state index in [1.165, 1.54) is 11.9 Å². The SMILES string of the molecule is CNc1ncnc2c1C(c1ccccc1)C(C)(C)O2. The van der Waals surface area contributed by atoms with Gasteiger partial charge in [0, 0.05) is 7.05 Å². The molecule has 1 N–H and O–H groups in total. The quantitative estimate of drug-likeness (QED) is 0.896. The third-order valence-electron chi connectivity index (χ3n) is 3.56. The van der Waals surface area contributed by atoms with Crippen molar-refractivity contribution in [1.82, 2.24) is 9.97 Å². The van der Waals surface area contributed by atoms with E-state index in [0.29, 0.717) is 5.88 Å². The van der Waals surface area contributed by atoms with Gasteiger partial charge in [-0.25, -0.2) is 9.97 Å². The van der Waals surface area contributed by atoms with Gasteiger partial charge in [0.15, 0.2) is 0 Å². The van der Waals surface area contributed by atoms with Crippen LogP contribution in [0.1, 0.15) is 30.9 Å². The molecule has 4 nitrogen and oxygen atoms in total. The highest BCUT2D eigenvalue weighted by Crippen LogP contribution is 2.49. The Morgan fingerprint density at radius 2 is 1.89 bits per heavy atom. The number of rotatable bonds is 2. The minimum absolute atomic E-state index is 0.132. The van der Waals surface area contributed by atoms with Gasteiger partial charge < -0.3 is 10.1 Å². The molecule has 1 aliphatic rings. The molecule has 1 aromatic carbocycles. The third kappa shape index (κ3) is 1.84. The minimum Gasteiger partial charge on any atom is -0.470 e. The largest absolute Gasteiger partial charge is 0.470 e. The molecule has 98 valence electrons. The van der Waals surface area contributed by atoms with Gasteiger partial charge in [0.05, 0.1) is 11.5 Å². The number of hydrogen-bond donors (Lipinski definition) is 1. The zero-order valence-electron chi connectivity index (χ0n) is 11.3. The molecule has 1 unspecified atom stereocenters. The first kappa shape index (κ1) is 12.0.